The molecule has 0 spiro atoms. The fourth-order valence-electron chi connectivity index (χ4n) is 3.66. The molecule has 30 heavy (non-hydrogen) atoms. The highest BCUT2D eigenvalue weighted by atomic mass is 35.5. The van der Waals surface area contributed by atoms with Gasteiger partial charge in [0, 0.05) is 31.2 Å². The standard InChI is InChI=1S/C22H25ClN2O5/c1-28-18-6-4-5-17(20(18)29-2)21(26)25-13-11-24(12-14-25)19(22(27)30-3)15-7-9-16(23)10-8-15/h4-10,19H,11-14H2,1-3H3. The Morgan fingerprint density at radius 1 is 0.933 bits per heavy atom. The first kappa shape index (κ1) is 21.9. The van der Waals surface area contributed by atoms with Crippen LogP contribution in [0.25, 0.3) is 0 Å². The lowest BCUT2D eigenvalue weighted by atomic mass is 10.0. The number of nitrogens with zero attached hydrogens (tertiary/aromatic N) is 2. The molecule has 8 heteroatoms. The Hall–Kier alpha value is -2.77. The van der Waals surface area contributed by atoms with E-state index in [2.05, 4.69) is 0 Å². The predicted octanol–water partition coefficient (Wildman–Crippen LogP) is 3.03. The van der Waals surface area contributed by atoms with Crippen LogP contribution in [0.3, 0.4) is 0 Å². The molecule has 1 amide bonds. The zero-order valence-corrected chi connectivity index (χ0v) is 18.0. The smallest absolute Gasteiger partial charge is 0.327 e. The molecule has 0 N–H and O–H groups in total. The summed E-state index contributed by atoms with van der Waals surface area (Å²) >= 11 is 5.98. The maximum Gasteiger partial charge on any atom is 0.327 e. The molecule has 1 fully saturated rings. The first-order valence-electron chi connectivity index (χ1n) is 9.57. The quantitative estimate of drug-likeness (QED) is 0.653. The number of esters is 1. The normalized spacial score (nSPS) is 15.4. The lowest BCUT2D eigenvalue weighted by Crippen LogP contribution is -2.51. The fourth-order valence-corrected chi connectivity index (χ4v) is 3.79. The summed E-state index contributed by atoms with van der Waals surface area (Å²) in [6.45, 7) is 2.00. The monoisotopic (exact) mass is 432 g/mol. The van der Waals surface area contributed by atoms with Crippen LogP contribution in [0, 0.1) is 0 Å². The van der Waals surface area contributed by atoms with E-state index in [-0.39, 0.29) is 11.9 Å². The first-order valence-corrected chi connectivity index (χ1v) is 9.95. The second-order valence-corrected chi connectivity index (χ2v) is 7.28. The number of amides is 1. The third kappa shape index (κ3) is 4.52. The second-order valence-electron chi connectivity index (χ2n) is 6.85. The van der Waals surface area contributed by atoms with Crippen LogP contribution in [0.15, 0.2) is 42.5 Å². The second kappa shape index (κ2) is 9.82. The van der Waals surface area contributed by atoms with Crippen LogP contribution in [-0.4, -0.2) is 69.2 Å². The molecule has 2 aromatic carbocycles. The van der Waals surface area contributed by atoms with E-state index in [9.17, 15) is 9.59 Å². The maximum absolute atomic E-state index is 13.1. The number of halogens is 1. The molecule has 1 unspecified atom stereocenters. The van der Waals surface area contributed by atoms with Crippen molar-refractivity contribution in [3.05, 3.63) is 58.6 Å². The number of hydrogen-bond acceptors (Lipinski definition) is 6. The Morgan fingerprint density at radius 2 is 1.60 bits per heavy atom. The van der Waals surface area contributed by atoms with Crippen LogP contribution in [0.5, 0.6) is 11.5 Å². The average Bonchev–Trinajstić information content (AvgIpc) is 2.79. The van der Waals surface area contributed by atoms with Crippen molar-refractivity contribution >= 4 is 23.5 Å². The molecule has 1 heterocycles. The number of piperazine rings is 1. The minimum absolute atomic E-state index is 0.133. The third-order valence-corrected chi connectivity index (χ3v) is 5.46. The van der Waals surface area contributed by atoms with Gasteiger partial charge in [0.25, 0.3) is 5.91 Å². The van der Waals surface area contributed by atoms with E-state index in [0.717, 1.165) is 5.56 Å². The SMILES string of the molecule is COC(=O)C(c1ccc(Cl)cc1)N1CCN(C(=O)c2cccc(OC)c2OC)CC1. The highest BCUT2D eigenvalue weighted by Crippen LogP contribution is 2.32. The molecule has 2 aromatic rings. The molecule has 0 bridgehead atoms. The summed E-state index contributed by atoms with van der Waals surface area (Å²) in [5.74, 6) is 0.453. The van der Waals surface area contributed by atoms with Gasteiger partial charge in [-0.25, -0.2) is 4.79 Å². The largest absolute Gasteiger partial charge is 0.493 e. The van der Waals surface area contributed by atoms with Gasteiger partial charge in [-0.15, -0.1) is 0 Å². The Bertz CT molecular complexity index is 895. The number of para-hydroxylation sites is 1. The van der Waals surface area contributed by atoms with Gasteiger partial charge in [0.05, 0.1) is 26.9 Å². The molecule has 1 atom stereocenters. The average molecular weight is 433 g/mol. The zero-order chi connectivity index (χ0) is 21.7. The molecule has 1 saturated heterocycles. The van der Waals surface area contributed by atoms with E-state index in [1.807, 2.05) is 17.0 Å². The summed E-state index contributed by atoms with van der Waals surface area (Å²) in [6, 6.07) is 11.8. The van der Waals surface area contributed by atoms with E-state index >= 15 is 0 Å². The predicted molar refractivity (Wildman–Crippen MR) is 113 cm³/mol. The number of rotatable bonds is 6. The van der Waals surface area contributed by atoms with Crippen LogP contribution >= 0.6 is 11.6 Å². The summed E-state index contributed by atoms with van der Waals surface area (Å²) in [5, 5.41) is 0.602. The van der Waals surface area contributed by atoms with E-state index in [4.69, 9.17) is 25.8 Å². The lowest BCUT2D eigenvalue weighted by Gasteiger charge is -2.38. The zero-order valence-electron chi connectivity index (χ0n) is 17.3. The van der Waals surface area contributed by atoms with Crippen LogP contribution < -0.4 is 9.47 Å². The van der Waals surface area contributed by atoms with Crippen molar-refractivity contribution in [3.63, 3.8) is 0 Å². The Morgan fingerprint density at radius 3 is 2.17 bits per heavy atom. The van der Waals surface area contributed by atoms with Gasteiger partial charge in [-0.05, 0) is 29.8 Å². The molecule has 1 aliphatic heterocycles. The molecule has 7 nitrogen and oxygen atoms in total. The van der Waals surface area contributed by atoms with Gasteiger partial charge in [-0.2, -0.15) is 0 Å². The maximum atomic E-state index is 13.1. The molecule has 3 rings (SSSR count). The Kier molecular flexibility index (Phi) is 7.18. The van der Waals surface area contributed by atoms with E-state index < -0.39 is 6.04 Å². The number of carbonyl (C=O) groups is 2. The summed E-state index contributed by atoms with van der Waals surface area (Å²) in [5.41, 5.74) is 1.26. The fraction of sp³-hybridized carbons (Fsp3) is 0.364. The van der Waals surface area contributed by atoms with Crippen molar-refractivity contribution < 1.29 is 23.8 Å². The number of methoxy groups -OCH3 is 3. The first-order chi connectivity index (χ1) is 14.5. The summed E-state index contributed by atoms with van der Waals surface area (Å²) in [4.78, 5) is 29.3. The number of hydrogen-bond donors (Lipinski definition) is 0. The minimum Gasteiger partial charge on any atom is -0.493 e. The summed E-state index contributed by atoms with van der Waals surface area (Å²) in [6.07, 6.45) is 0. The van der Waals surface area contributed by atoms with Crippen molar-refractivity contribution in [2.24, 2.45) is 0 Å². The Balaban J connectivity index is 1.75. The van der Waals surface area contributed by atoms with Gasteiger partial charge >= 0.3 is 5.97 Å². The van der Waals surface area contributed by atoms with Crippen LogP contribution in [0.1, 0.15) is 22.0 Å². The topological polar surface area (TPSA) is 68.3 Å². The van der Waals surface area contributed by atoms with Crippen molar-refractivity contribution in [1.29, 1.82) is 0 Å². The summed E-state index contributed by atoms with van der Waals surface area (Å²) < 4.78 is 15.7. The van der Waals surface area contributed by atoms with Gasteiger partial charge in [-0.3, -0.25) is 9.69 Å². The Labute approximate surface area is 181 Å². The molecule has 0 radical (unpaired) electrons. The molecule has 0 saturated carbocycles. The van der Waals surface area contributed by atoms with Crippen LogP contribution in [0.2, 0.25) is 5.02 Å². The van der Waals surface area contributed by atoms with Crippen molar-refractivity contribution in [3.8, 4) is 11.5 Å². The number of ether oxygens (including phenoxy) is 3. The minimum atomic E-state index is -0.545. The molecular formula is C22H25ClN2O5. The highest BCUT2D eigenvalue weighted by Gasteiger charge is 2.33. The molecule has 0 aliphatic carbocycles. The van der Waals surface area contributed by atoms with Gasteiger partial charge in [0.1, 0.15) is 6.04 Å². The highest BCUT2D eigenvalue weighted by molar-refractivity contribution is 6.30. The van der Waals surface area contributed by atoms with Crippen LogP contribution in [-0.2, 0) is 9.53 Å². The van der Waals surface area contributed by atoms with Gasteiger partial charge in [0.2, 0.25) is 0 Å². The van der Waals surface area contributed by atoms with Crippen molar-refractivity contribution in [1.82, 2.24) is 9.80 Å². The van der Waals surface area contributed by atoms with E-state index in [1.54, 1.807) is 35.2 Å². The van der Waals surface area contributed by atoms with Gasteiger partial charge in [-0.1, -0.05) is 29.8 Å². The molecule has 0 aromatic heterocycles. The van der Waals surface area contributed by atoms with Crippen molar-refractivity contribution in [2.75, 3.05) is 47.5 Å². The molecular weight excluding hydrogens is 408 g/mol. The van der Waals surface area contributed by atoms with Crippen LogP contribution in [0.4, 0.5) is 0 Å². The lowest BCUT2D eigenvalue weighted by molar-refractivity contribution is -0.148. The molecule has 1 aliphatic rings. The van der Waals surface area contributed by atoms with E-state index in [1.165, 1.54) is 21.3 Å². The number of carbonyl (C=O) groups excluding carboxylic acids is 2. The van der Waals surface area contributed by atoms with Gasteiger partial charge < -0.3 is 19.1 Å². The summed E-state index contributed by atoms with van der Waals surface area (Å²) in [7, 11) is 4.42. The number of benzene rings is 2. The van der Waals surface area contributed by atoms with Crippen molar-refractivity contribution in [2.45, 2.75) is 6.04 Å². The van der Waals surface area contributed by atoms with Gasteiger partial charge in [0.15, 0.2) is 11.5 Å². The third-order valence-electron chi connectivity index (χ3n) is 5.21. The van der Waals surface area contributed by atoms with E-state index in [0.29, 0.717) is 48.3 Å². The molecule has 160 valence electrons.